The molecule has 3 aromatic carbocycles. The van der Waals surface area contributed by atoms with Gasteiger partial charge in [-0.15, -0.1) is 0 Å². The Kier molecular flexibility index (Phi) is 11.2. The Morgan fingerprint density at radius 3 is 1.16 bits per heavy atom. The first-order chi connectivity index (χ1) is 22.9. The van der Waals surface area contributed by atoms with E-state index in [-0.39, 0.29) is 16.6 Å². The zero-order chi connectivity index (χ0) is 37.1. The van der Waals surface area contributed by atoms with Crippen molar-refractivity contribution in [2.24, 2.45) is 0 Å². The number of benzene rings is 3. The van der Waals surface area contributed by atoms with Crippen molar-refractivity contribution in [3.8, 4) is 17.2 Å². The summed E-state index contributed by atoms with van der Waals surface area (Å²) in [5.41, 5.74) is 4.17. The Morgan fingerprint density at radius 1 is 0.540 bits per heavy atom. The molecule has 2 aliphatic rings. The summed E-state index contributed by atoms with van der Waals surface area (Å²) in [5.74, 6) is 0.856. The van der Waals surface area contributed by atoms with Gasteiger partial charge in [-0.2, -0.15) is 0 Å². The Morgan fingerprint density at radius 2 is 0.840 bits per heavy atom. The molecule has 0 unspecified atom stereocenters. The van der Waals surface area contributed by atoms with E-state index < -0.39 is 59.2 Å². The van der Waals surface area contributed by atoms with Crippen molar-refractivity contribution in [2.45, 2.75) is 99.3 Å². The van der Waals surface area contributed by atoms with Gasteiger partial charge >= 0.3 is 53.8 Å². The molecule has 2 fully saturated rings. The minimum Gasteiger partial charge on any atom is -0.407 e. The molecular weight excluding hydrogens is 735 g/mol. The predicted octanol–water partition coefficient (Wildman–Crippen LogP) is 10.5. The van der Waals surface area contributed by atoms with E-state index in [2.05, 4.69) is 0 Å². The second-order valence-corrected chi connectivity index (χ2v) is 25.0. The van der Waals surface area contributed by atoms with Crippen molar-refractivity contribution in [1.29, 1.82) is 0 Å². The van der Waals surface area contributed by atoms with Crippen LogP contribution in [0.5, 0.6) is 17.2 Å². The van der Waals surface area contributed by atoms with Crippen LogP contribution in [0, 0.1) is 20.8 Å². The molecule has 17 heteroatoms. The van der Waals surface area contributed by atoms with Crippen LogP contribution in [0.3, 0.4) is 0 Å². The van der Waals surface area contributed by atoms with E-state index in [0.29, 0.717) is 17.1 Å². The number of aryl methyl sites for hydroxylation is 3. The topological polar surface area (TPSA) is 134 Å². The number of rotatable bonds is 10. The molecule has 12 nitrogen and oxygen atoms in total. The number of hydrogen-bond donors (Lipinski definition) is 0. The summed E-state index contributed by atoms with van der Waals surface area (Å²) in [6.45, 7) is 23.7. The van der Waals surface area contributed by atoms with Crippen molar-refractivity contribution in [2.75, 3.05) is 0 Å². The van der Waals surface area contributed by atoms with E-state index in [1.807, 2.05) is 113 Å². The van der Waals surface area contributed by atoms with E-state index in [1.54, 1.807) is 24.3 Å². The van der Waals surface area contributed by atoms with E-state index in [4.69, 9.17) is 35.0 Å². The van der Waals surface area contributed by atoms with Gasteiger partial charge in [0.05, 0.1) is 0 Å². The highest BCUT2D eigenvalue weighted by Crippen LogP contribution is 2.66. The molecule has 0 N–H and O–H groups in total. The van der Waals surface area contributed by atoms with Crippen molar-refractivity contribution in [1.82, 2.24) is 0 Å². The summed E-state index contributed by atoms with van der Waals surface area (Å²) in [5, 5.41) is 0. The third kappa shape index (κ3) is 9.56. The van der Waals surface area contributed by atoms with Crippen molar-refractivity contribution in [3.05, 3.63) is 88.0 Å². The molecule has 0 bridgehead atoms. The molecule has 0 saturated carbocycles. The highest BCUT2D eigenvalue weighted by atomic mass is 31.2. The number of hydrogen-bond acceptors (Lipinski definition) is 12. The van der Waals surface area contributed by atoms with Crippen molar-refractivity contribution in [3.63, 3.8) is 0 Å². The first kappa shape index (κ1) is 39.8. The van der Waals surface area contributed by atoms with Crippen LogP contribution in [0.15, 0.2) is 54.6 Å². The fourth-order valence-electron chi connectivity index (χ4n) is 5.17. The van der Waals surface area contributed by atoms with Crippen molar-refractivity contribution < 1.29 is 48.7 Å². The minimum atomic E-state index is -4.69. The van der Waals surface area contributed by atoms with Crippen LogP contribution in [0.25, 0.3) is 0 Å². The summed E-state index contributed by atoms with van der Waals surface area (Å²) in [7, 11) is -12.9. The van der Waals surface area contributed by atoms with Gasteiger partial charge in [-0.05, 0) is 55.2 Å². The van der Waals surface area contributed by atoms with E-state index in [1.165, 1.54) is 0 Å². The highest BCUT2D eigenvalue weighted by molar-refractivity contribution is 7.58. The van der Waals surface area contributed by atoms with Gasteiger partial charge in [-0.1, -0.05) is 115 Å². The third-order valence-electron chi connectivity index (χ3n) is 7.75. The molecule has 0 atom stereocenters. The zero-order valence-corrected chi connectivity index (χ0v) is 35.6. The largest absolute Gasteiger partial charge is 0.933 e. The second kappa shape index (κ2) is 14.1. The van der Waals surface area contributed by atoms with Gasteiger partial charge in [-0.25, -0.2) is 13.7 Å². The average molecular weight is 781 g/mol. The normalized spacial score (nSPS) is 17.5. The quantitative estimate of drug-likeness (QED) is 0.143. The monoisotopic (exact) mass is 780 g/mol. The van der Waals surface area contributed by atoms with Gasteiger partial charge in [0.1, 0.15) is 17.2 Å². The van der Waals surface area contributed by atoms with Crippen LogP contribution in [0.1, 0.15) is 95.7 Å². The molecule has 5 rings (SSSR count). The molecule has 0 radical (unpaired) electrons. The van der Waals surface area contributed by atoms with Crippen LogP contribution in [0.2, 0.25) is 0 Å². The van der Waals surface area contributed by atoms with Gasteiger partial charge < -0.3 is 35.0 Å². The standard InChI is InChI=1S/3C11H17O4P.2Al/c3*1-8-5-6-10(15-16(12,13)14)9(7-8)11(2,3)4;;/h3*5-7H,1-4H3,(H2,12,13,14);;/q;;;2*+3/p-6. The molecule has 3 aromatic rings. The van der Waals surface area contributed by atoms with Gasteiger partial charge in [0.25, 0.3) is 0 Å². The van der Waals surface area contributed by atoms with E-state index in [9.17, 15) is 13.7 Å². The smallest absolute Gasteiger partial charge is 0.407 e. The minimum absolute atomic E-state index is 0.205. The second-order valence-electron chi connectivity index (χ2n) is 15.6. The molecule has 0 aliphatic carbocycles. The fraction of sp³-hybridized carbons (Fsp3) is 0.455. The van der Waals surface area contributed by atoms with Crippen LogP contribution in [-0.4, -0.2) is 30.3 Å². The van der Waals surface area contributed by atoms with Crippen LogP contribution < -0.4 is 13.6 Å². The molecule has 270 valence electrons. The van der Waals surface area contributed by atoms with Crippen LogP contribution in [-0.2, 0) is 51.4 Å². The number of phosphoric acid groups is 3. The Bertz CT molecular complexity index is 1790. The van der Waals surface area contributed by atoms with Gasteiger partial charge in [-0.3, -0.25) is 0 Å². The maximum Gasteiger partial charge on any atom is 0.933 e. The van der Waals surface area contributed by atoms with E-state index in [0.717, 1.165) is 27.8 Å². The molecule has 50 heavy (non-hydrogen) atoms. The molecule has 0 spiro atoms. The summed E-state index contributed by atoms with van der Waals surface area (Å²) >= 11 is -6.85. The molecule has 2 heterocycles. The average Bonchev–Trinajstić information content (AvgIpc) is 2.92. The fourth-order valence-corrected chi connectivity index (χ4v) is 15.2. The lowest BCUT2D eigenvalue weighted by Gasteiger charge is -2.36. The molecule has 2 aliphatic heterocycles. The molecule has 0 aromatic heterocycles. The van der Waals surface area contributed by atoms with Crippen molar-refractivity contribution >= 4 is 53.8 Å². The maximum absolute atomic E-state index is 14.4. The Labute approximate surface area is 305 Å². The van der Waals surface area contributed by atoms with Crippen LogP contribution >= 0.6 is 23.5 Å². The lowest BCUT2D eigenvalue weighted by Crippen LogP contribution is -2.40. The third-order valence-corrected chi connectivity index (χ3v) is 19.3. The highest BCUT2D eigenvalue weighted by Gasteiger charge is 2.66. The summed E-state index contributed by atoms with van der Waals surface area (Å²) in [4.78, 5) is 0. The summed E-state index contributed by atoms with van der Waals surface area (Å²) in [6, 6.07) is 16.2. The molecule has 2 saturated heterocycles. The maximum atomic E-state index is 14.4. The zero-order valence-electron chi connectivity index (χ0n) is 30.6. The lowest BCUT2D eigenvalue weighted by molar-refractivity contribution is 0.123. The first-order valence-electron chi connectivity index (χ1n) is 16.2. The molecular formula is C33H45Al2O12P3. The summed E-state index contributed by atoms with van der Waals surface area (Å²) < 4.78 is 92.0. The Hall–Kier alpha value is -1.43. The Balaban J connectivity index is 1.34. The lowest BCUT2D eigenvalue weighted by atomic mass is 9.85. The first-order valence-corrected chi connectivity index (χ1v) is 23.4. The van der Waals surface area contributed by atoms with Gasteiger partial charge in [0, 0.05) is 16.7 Å². The van der Waals surface area contributed by atoms with Gasteiger partial charge in [0.15, 0.2) is 0 Å². The predicted molar refractivity (Wildman–Crippen MR) is 192 cm³/mol. The van der Waals surface area contributed by atoms with E-state index >= 15 is 0 Å². The summed E-state index contributed by atoms with van der Waals surface area (Å²) in [6.07, 6.45) is 0. The van der Waals surface area contributed by atoms with Gasteiger partial charge in [0.2, 0.25) is 0 Å². The van der Waals surface area contributed by atoms with Crippen LogP contribution in [0.4, 0.5) is 0 Å². The molecule has 0 amide bonds. The SMILES string of the molecule is Cc1ccc(OP2(=O)[O][Al]([O]P(=O)(Oc3ccc(C)cc3C(C)(C)C)[O][Al]3[O]P(=O)(Oc4ccc(C)cc4C(C)(C)C)[O]3)[O]2)c(C(C)(C)C)c1.